The van der Waals surface area contributed by atoms with E-state index in [1.54, 1.807) is 0 Å². The molecule has 0 aliphatic carbocycles. The molecule has 3 aromatic heterocycles. The number of rotatable bonds is 3. The molecule has 0 aliphatic rings. The van der Waals surface area contributed by atoms with Crippen LogP contribution in [-0.2, 0) is 0 Å². The highest BCUT2D eigenvalue weighted by atomic mass is 14.9. The molecular formula is C35H22N4. The highest BCUT2D eigenvalue weighted by molar-refractivity contribution is 5.99. The van der Waals surface area contributed by atoms with Crippen LogP contribution in [0.25, 0.3) is 72.3 Å². The van der Waals surface area contributed by atoms with E-state index in [-0.39, 0.29) is 0 Å². The Morgan fingerprint density at radius 3 is 1.87 bits per heavy atom. The van der Waals surface area contributed by atoms with E-state index < -0.39 is 0 Å². The zero-order chi connectivity index (χ0) is 25.8. The SMILES string of the molecule is c1ccc(-c2nc(-c3ccc(-c4nc5ccccc5n5c4cc4ccccc45)cc3)c3ccccc3n2)cc1. The summed E-state index contributed by atoms with van der Waals surface area (Å²) in [5.74, 6) is 0.728. The fourth-order valence-electron chi connectivity index (χ4n) is 5.53. The Balaban J connectivity index is 1.32. The number of aromatic nitrogens is 4. The Bertz CT molecular complexity index is 2160. The molecule has 0 fully saturated rings. The third-order valence-corrected chi connectivity index (χ3v) is 7.38. The van der Waals surface area contributed by atoms with E-state index in [9.17, 15) is 0 Å². The smallest absolute Gasteiger partial charge is 0.160 e. The van der Waals surface area contributed by atoms with Gasteiger partial charge in [-0.25, -0.2) is 15.0 Å². The van der Waals surface area contributed by atoms with Gasteiger partial charge >= 0.3 is 0 Å². The van der Waals surface area contributed by atoms with Crippen molar-refractivity contribution in [2.24, 2.45) is 0 Å². The topological polar surface area (TPSA) is 43.1 Å². The minimum Gasteiger partial charge on any atom is -0.306 e. The second kappa shape index (κ2) is 8.61. The minimum atomic E-state index is 0.728. The van der Waals surface area contributed by atoms with Crippen LogP contribution in [0.4, 0.5) is 0 Å². The summed E-state index contributed by atoms with van der Waals surface area (Å²) < 4.78 is 2.32. The van der Waals surface area contributed by atoms with Gasteiger partial charge in [-0.3, -0.25) is 0 Å². The minimum absolute atomic E-state index is 0.728. The van der Waals surface area contributed by atoms with Gasteiger partial charge in [0.2, 0.25) is 0 Å². The van der Waals surface area contributed by atoms with Crippen molar-refractivity contribution < 1.29 is 0 Å². The molecule has 5 aromatic carbocycles. The Labute approximate surface area is 224 Å². The largest absolute Gasteiger partial charge is 0.306 e. The lowest BCUT2D eigenvalue weighted by Crippen LogP contribution is -1.96. The first-order chi connectivity index (χ1) is 19.3. The fraction of sp³-hybridized carbons (Fsp3) is 0. The Kier molecular flexibility index (Phi) is 4.79. The van der Waals surface area contributed by atoms with Gasteiger partial charge in [0.05, 0.1) is 39.0 Å². The number of para-hydroxylation sites is 4. The molecular weight excluding hydrogens is 476 g/mol. The number of fused-ring (bicyclic) bond motifs is 6. The van der Waals surface area contributed by atoms with E-state index in [4.69, 9.17) is 15.0 Å². The maximum atomic E-state index is 5.13. The molecule has 0 spiro atoms. The average Bonchev–Trinajstić information content (AvgIpc) is 3.41. The van der Waals surface area contributed by atoms with Gasteiger partial charge in [-0.05, 0) is 30.3 Å². The lowest BCUT2D eigenvalue weighted by atomic mass is 10.0. The van der Waals surface area contributed by atoms with Crippen LogP contribution in [-0.4, -0.2) is 19.4 Å². The van der Waals surface area contributed by atoms with Gasteiger partial charge in [0, 0.05) is 27.5 Å². The summed E-state index contributed by atoms with van der Waals surface area (Å²) in [6.45, 7) is 0. The molecule has 8 aromatic rings. The van der Waals surface area contributed by atoms with E-state index in [2.05, 4.69) is 95.4 Å². The molecule has 182 valence electrons. The first kappa shape index (κ1) is 21.7. The van der Waals surface area contributed by atoms with Crippen molar-refractivity contribution >= 4 is 38.4 Å². The summed E-state index contributed by atoms with van der Waals surface area (Å²) in [7, 11) is 0. The molecule has 0 amide bonds. The van der Waals surface area contributed by atoms with Crippen molar-refractivity contribution in [3.05, 3.63) is 133 Å². The molecule has 0 saturated carbocycles. The van der Waals surface area contributed by atoms with Crippen LogP contribution in [0.3, 0.4) is 0 Å². The summed E-state index contributed by atoms with van der Waals surface area (Å²) in [6, 6.07) is 46.0. The van der Waals surface area contributed by atoms with Gasteiger partial charge in [-0.15, -0.1) is 0 Å². The van der Waals surface area contributed by atoms with Crippen molar-refractivity contribution in [3.8, 4) is 33.9 Å². The monoisotopic (exact) mass is 498 g/mol. The van der Waals surface area contributed by atoms with Crippen LogP contribution in [0.1, 0.15) is 0 Å². The van der Waals surface area contributed by atoms with Crippen LogP contribution in [0.15, 0.2) is 133 Å². The van der Waals surface area contributed by atoms with E-state index in [1.807, 2.05) is 42.5 Å². The number of nitrogens with zero attached hydrogens (tertiary/aromatic N) is 4. The second-order valence-corrected chi connectivity index (χ2v) is 9.73. The fourth-order valence-corrected chi connectivity index (χ4v) is 5.53. The molecule has 0 radical (unpaired) electrons. The van der Waals surface area contributed by atoms with Crippen LogP contribution in [0.5, 0.6) is 0 Å². The molecule has 39 heavy (non-hydrogen) atoms. The summed E-state index contributed by atoms with van der Waals surface area (Å²) in [6.07, 6.45) is 0. The molecule has 4 nitrogen and oxygen atoms in total. The van der Waals surface area contributed by atoms with Crippen LogP contribution < -0.4 is 0 Å². The summed E-state index contributed by atoms with van der Waals surface area (Å²) in [5.41, 5.74) is 10.3. The predicted octanol–water partition coefficient (Wildman–Crippen LogP) is 8.58. The molecule has 4 heteroatoms. The quantitative estimate of drug-likeness (QED) is 0.245. The summed E-state index contributed by atoms with van der Waals surface area (Å²) in [4.78, 5) is 15.0. The highest BCUT2D eigenvalue weighted by Crippen LogP contribution is 2.34. The van der Waals surface area contributed by atoms with E-state index in [0.29, 0.717) is 0 Å². The van der Waals surface area contributed by atoms with Crippen molar-refractivity contribution in [2.75, 3.05) is 0 Å². The lowest BCUT2D eigenvalue weighted by molar-refractivity contribution is 1.23. The molecule has 0 unspecified atom stereocenters. The van der Waals surface area contributed by atoms with Gasteiger partial charge < -0.3 is 4.40 Å². The molecule has 0 bridgehead atoms. The predicted molar refractivity (Wildman–Crippen MR) is 160 cm³/mol. The molecule has 0 aliphatic heterocycles. The summed E-state index contributed by atoms with van der Waals surface area (Å²) in [5, 5.41) is 2.24. The van der Waals surface area contributed by atoms with E-state index in [1.165, 1.54) is 10.9 Å². The van der Waals surface area contributed by atoms with Crippen molar-refractivity contribution in [3.63, 3.8) is 0 Å². The van der Waals surface area contributed by atoms with E-state index >= 15 is 0 Å². The van der Waals surface area contributed by atoms with Crippen molar-refractivity contribution in [1.82, 2.24) is 19.4 Å². The van der Waals surface area contributed by atoms with Gasteiger partial charge in [-0.2, -0.15) is 0 Å². The standard InChI is InChI=1S/C35H22N4/c1-2-10-25(11-3-1)35-37-28-14-6-5-13-27(28)33(38-35)23-18-20-24(21-19-23)34-32-22-26-12-4-8-16-30(26)39(32)31-17-9-7-15-29(31)36-34/h1-22H. The zero-order valence-electron chi connectivity index (χ0n) is 21.0. The second-order valence-electron chi connectivity index (χ2n) is 9.73. The normalized spacial score (nSPS) is 11.6. The Morgan fingerprint density at radius 2 is 1.05 bits per heavy atom. The first-order valence-corrected chi connectivity index (χ1v) is 13.1. The highest BCUT2D eigenvalue weighted by Gasteiger charge is 2.15. The maximum Gasteiger partial charge on any atom is 0.160 e. The van der Waals surface area contributed by atoms with Gasteiger partial charge in [0.1, 0.15) is 0 Å². The van der Waals surface area contributed by atoms with Gasteiger partial charge in [-0.1, -0.05) is 103 Å². The Morgan fingerprint density at radius 1 is 0.410 bits per heavy atom. The van der Waals surface area contributed by atoms with Gasteiger partial charge in [0.15, 0.2) is 5.82 Å². The molecule has 3 heterocycles. The Hall–Kier alpha value is -5.35. The van der Waals surface area contributed by atoms with Crippen molar-refractivity contribution in [2.45, 2.75) is 0 Å². The van der Waals surface area contributed by atoms with Crippen molar-refractivity contribution in [1.29, 1.82) is 0 Å². The molecule has 0 atom stereocenters. The average molecular weight is 499 g/mol. The number of hydrogen-bond donors (Lipinski definition) is 0. The van der Waals surface area contributed by atoms with Crippen LogP contribution >= 0.6 is 0 Å². The third kappa shape index (κ3) is 3.50. The molecule has 0 saturated heterocycles. The lowest BCUT2D eigenvalue weighted by Gasteiger charge is -2.12. The van der Waals surface area contributed by atoms with Crippen LogP contribution in [0, 0.1) is 0 Å². The third-order valence-electron chi connectivity index (χ3n) is 7.38. The van der Waals surface area contributed by atoms with Gasteiger partial charge in [0.25, 0.3) is 0 Å². The zero-order valence-corrected chi connectivity index (χ0v) is 21.0. The number of benzene rings is 5. The molecule has 0 N–H and O–H groups in total. The van der Waals surface area contributed by atoms with Crippen LogP contribution in [0.2, 0.25) is 0 Å². The molecule has 8 rings (SSSR count). The number of hydrogen-bond acceptors (Lipinski definition) is 3. The van der Waals surface area contributed by atoms with E-state index in [0.717, 1.165) is 61.4 Å². The first-order valence-electron chi connectivity index (χ1n) is 13.1. The summed E-state index contributed by atoms with van der Waals surface area (Å²) >= 11 is 0. The maximum absolute atomic E-state index is 5.13.